The van der Waals surface area contributed by atoms with E-state index in [1.54, 1.807) is 19.2 Å². The molecule has 0 saturated carbocycles. The maximum atomic E-state index is 13.8. The van der Waals surface area contributed by atoms with E-state index in [2.05, 4.69) is 10.3 Å². The van der Waals surface area contributed by atoms with Crippen LogP contribution in [0.5, 0.6) is 0 Å². The number of nitrogens with zero attached hydrogens (tertiary/aromatic N) is 3. The smallest absolute Gasteiger partial charge is 0.262 e. The van der Waals surface area contributed by atoms with Gasteiger partial charge >= 0.3 is 0 Å². The van der Waals surface area contributed by atoms with Crippen molar-refractivity contribution in [3.63, 3.8) is 0 Å². The summed E-state index contributed by atoms with van der Waals surface area (Å²) >= 11 is 0. The molecule has 1 aliphatic heterocycles. The molecule has 1 N–H and O–H groups in total. The molecular formula is C20H19F3N4O2S. The molecule has 158 valence electrons. The van der Waals surface area contributed by atoms with E-state index in [4.69, 9.17) is 0 Å². The van der Waals surface area contributed by atoms with Gasteiger partial charge in [0.25, 0.3) is 10.0 Å². The van der Waals surface area contributed by atoms with E-state index in [0.717, 1.165) is 12.1 Å². The lowest BCUT2D eigenvalue weighted by Gasteiger charge is -2.21. The largest absolute Gasteiger partial charge is 0.380 e. The highest BCUT2D eigenvalue weighted by Crippen LogP contribution is 2.33. The van der Waals surface area contributed by atoms with Crippen LogP contribution >= 0.6 is 0 Å². The molecule has 3 aromatic rings. The molecule has 1 aliphatic rings. The zero-order valence-corrected chi connectivity index (χ0v) is 16.8. The normalized spacial score (nSPS) is 19.9. The lowest BCUT2D eigenvalue weighted by Crippen LogP contribution is -2.32. The van der Waals surface area contributed by atoms with E-state index in [0.29, 0.717) is 11.3 Å². The minimum Gasteiger partial charge on any atom is -0.380 e. The van der Waals surface area contributed by atoms with Crippen molar-refractivity contribution in [2.75, 3.05) is 18.4 Å². The predicted octanol–water partition coefficient (Wildman–Crippen LogP) is 3.11. The van der Waals surface area contributed by atoms with Crippen LogP contribution in [-0.4, -0.2) is 41.4 Å². The Bertz CT molecular complexity index is 1180. The van der Waals surface area contributed by atoms with Crippen LogP contribution in [0.2, 0.25) is 0 Å². The number of anilines is 1. The number of nitrogens with one attached hydrogen (secondary N) is 1. The SMILES string of the molecule is Cn1cnc(S(=O)(=O)N2C[C@@H](Nc3ccc(F)c(F)c3)[C@H](c3cccc(F)c3)C2)c1. The minimum absolute atomic E-state index is 0.0546. The summed E-state index contributed by atoms with van der Waals surface area (Å²) in [6, 6.07) is 8.80. The Morgan fingerprint density at radius 2 is 1.87 bits per heavy atom. The van der Waals surface area contributed by atoms with Crippen molar-refractivity contribution in [3.05, 3.63) is 78.0 Å². The highest BCUT2D eigenvalue weighted by atomic mass is 32.2. The van der Waals surface area contributed by atoms with Crippen molar-refractivity contribution >= 4 is 15.7 Å². The molecule has 0 bridgehead atoms. The maximum Gasteiger partial charge on any atom is 0.262 e. The fourth-order valence-electron chi connectivity index (χ4n) is 3.64. The number of sulfonamides is 1. The third kappa shape index (κ3) is 3.92. The molecule has 10 heteroatoms. The molecule has 0 amide bonds. The highest BCUT2D eigenvalue weighted by molar-refractivity contribution is 7.89. The first kappa shape index (κ1) is 20.4. The van der Waals surface area contributed by atoms with E-state index in [-0.39, 0.29) is 18.1 Å². The quantitative estimate of drug-likeness (QED) is 0.668. The number of hydrogen-bond acceptors (Lipinski definition) is 4. The van der Waals surface area contributed by atoms with E-state index in [9.17, 15) is 21.6 Å². The number of halogens is 3. The Balaban J connectivity index is 1.67. The molecule has 6 nitrogen and oxygen atoms in total. The standard InChI is InChI=1S/C20H19F3N4O2S/c1-26-11-20(24-12-26)30(28,29)27-9-16(13-3-2-4-14(21)7-13)19(10-27)25-15-5-6-17(22)18(23)8-15/h2-8,11-12,16,19,25H,9-10H2,1H3/t16-,19+/m0/s1. The maximum absolute atomic E-state index is 13.8. The molecule has 1 saturated heterocycles. The Labute approximate surface area is 172 Å². The summed E-state index contributed by atoms with van der Waals surface area (Å²) in [5, 5.41) is 2.99. The van der Waals surface area contributed by atoms with Crippen LogP contribution in [0.1, 0.15) is 11.5 Å². The van der Waals surface area contributed by atoms with Gasteiger partial charge in [0.05, 0.1) is 6.33 Å². The second-order valence-corrected chi connectivity index (χ2v) is 9.13. The van der Waals surface area contributed by atoms with E-state index >= 15 is 0 Å². The fourth-order valence-corrected chi connectivity index (χ4v) is 5.10. The van der Waals surface area contributed by atoms with Gasteiger partial charge in [0.15, 0.2) is 16.7 Å². The number of imidazole rings is 1. The first-order valence-corrected chi connectivity index (χ1v) is 10.6. The Morgan fingerprint density at radius 1 is 1.07 bits per heavy atom. The van der Waals surface area contributed by atoms with Gasteiger partial charge in [-0.3, -0.25) is 0 Å². The molecule has 2 atom stereocenters. The zero-order chi connectivity index (χ0) is 21.5. The minimum atomic E-state index is -3.88. The van der Waals surface area contributed by atoms with Crippen molar-refractivity contribution in [3.8, 4) is 0 Å². The second-order valence-electron chi connectivity index (χ2n) is 7.24. The zero-order valence-electron chi connectivity index (χ0n) is 16.0. The molecule has 0 radical (unpaired) electrons. The van der Waals surface area contributed by atoms with Gasteiger partial charge in [0, 0.05) is 50.0 Å². The van der Waals surface area contributed by atoms with Gasteiger partial charge in [-0.25, -0.2) is 26.6 Å². The summed E-state index contributed by atoms with van der Waals surface area (Å²) in [5.74, 6) is -2.84. The lowest BCUT2D eigenvalue weighted by molar-refractivity contribution is 0.468. The van der Waals surface area contributed by atoms with Crippen molar-refractivity contribution in [2.24, 2.45) is 7.05 Å². The Kier molecular flexibility index (Phi) is 5.29. The van der Waals surface area contributed by atoms with Crippen LogP contribution in [0, 0.1) is 17.5 Å². The van der Waals surface area contributed by atoms with E-state index in [1.807, 2.05) is 0 Å². The lowest BCUT2D eigenvalue weighted by atomic mass is 9.94. The molecule has 30 heavy (non-hydrogen) atoms. The van der Waals surface area contributed by atoms with E-state index in [1.165, 1.54) is 39.6 Å². The molecule has 1 fully saturated rings. The number of aryl methyl sites for hydroxylation is 1. The highest BCUT2D eigenvalue weighted by Gasteiger charge is 2.41. The Morgan fingerprint density at radius 3 is 2.53 bits per heavy atom. The topological polar surface area (TPSA) is 67.2 Å². The average molecular weight is 436 g/mol. The average Bonchev–Trinajstić information content (AvgIpc) is 3.32. The molecule has 0 aliphatic carbocycles. The summed E-state index contributed by atoms with van der Waals surface area (Å²) in [5.41, 5.74) is 0.909. The number of rotatable bonds is 5. The van der Waals surface area contributed by atoms with Gasteiger partial charge in [-0.05, 0) is 29.8 Å². The van der Waals surface area contributed by atoms with Crippen LogP contribution in [-0.2, 0) is 17.1 Å². The first-order chi connectivity index (χ1) is 14.2. The second kappa shape index (κ2) is 7.77. The van der Waals surface area contributed by atoms with Gasteiger partial charge < -0.3 is 9.88 Å². The number of hydrogen-bond donors (Lipinski definition) is 1. The number of benzene rings is 2. The van der Waals surface area contributed by atoms with Gasteiger partial charge in [0.1, 0.15) is 5.82 Å². The molecular weight excluding hydrogens is 417 g/mol. The summed E-state index contributed by atoms with van der Waals surface area (Å²) in [6.45, 7) is 0.142. The molecule has 0 unspecified atom stereocenters. The van der Waals surface area contributed by atoms with E-state index < -0.39 is 39.4 Å². The van der Waals surface area contributed by atoms with Gasteiger partial charge in [-0.1, -0.05) is 12.1 Å². The van der Waals surface area contributed by atoms with Crippen molar-refractivity contribution in [2.45, 2.75) is 17.0 Å². The summed E-state index contributed by atoms with van der Waals surface area (Å²) in [7, 11) is -2.21. The summed E-state index contributed by atoms with van der Waals surface area (Å²) in [6.07, 6.45) is 2.80. The van der Waals surface area contributed by atoms with Gasteiger partial charge in [-0.2, -0.15) is 4.31 Å². The van der Waals surface area contributed by atoms with Crippen LogP contribution in [0.4, 0.5) is 18.9 Å². The molecule has 0 spiro atoms. The summed E-state index contributed by atoms with van der Waals surface area (Å²) < 4.78 is 69.6. The summed E-state index contributed by atoms with van der Waals surface area (Å²) in [4.78, 5) is 3.94. The van der Waals surface area contributed by atoms with Gasteiger partial charge in [0.2, 0.25) is 0 Å². The van der Waals surface area contributed by atoms with Crippen molar-refractivity contribution in [1.29, 1.82) is 0 Å². The van der Waals surface area contributed by atoms with Crippen molar-refractivity contribution < 1.29 is 21.6 Å². The molecule has 1 aromatic heterocycles. The monoisotopic (exact) mass is 436 g/mol. The third-order valence-electron chi connectivity index (χ3n) is 5.12. The third-order valence-corrected chi connectivity index (χ3v) is 6.84. The van der Waals surface area contributed by atoms with Crippen LogP contribution in [0.3, 0.4) is 0 Å². The van der Waals surface area contributed by atoms with Crippen LogP contribution in [0.25, 0.3) is 0 Å². The predicted molar refractivity (Wildman–Crippen MR) is 105 cm³/mol. The first-order valence-electron chi connectivity index (χ1n) is 9.19. The molecule has 2 heterocycles. The molecule has 4 rings (SSSR count). The van der Waals surface area contributed by atoms with Crippen LogP contribution in [0.15, 0.2) is 60.0 Å². The van der Waals surface area contributed by atoms with Crippen LogP contribution < -0.4 is 5.32 Å². The Hall–Kier alpha value is -2.85. The fraction of sp³-hybridized carbons (Fsp3) is 0.250. The van der Waals surface area contributed by atoms with Gasteiger partial charge in [-0.15, -0.1) is 0 Å². The molecule has 2 aromatic carbocycles. The number of aromatic nitrogens is 2. The van der Waals surface area contributed by atoms with Crippen molar-refractivity contribution in [1.82, 2.24) is 13.9 Å².